The molecule has 0 amide bonds. The van der Waals surface area contributed by atoms with Crippen LogP contribution in [-0.4, -0.2) is 22.2 Å². The van der Waals surface area contributed by atoms with Crippen molar-refractivity contribution in [1.29, 1.82) is 0 Å². The molecule has 0 heterocycles. The highest BCUT2D eigenvalue weighted by Gasteiger charge is 3.04. The van der Waals surface area contributed by atoms with Crippen LogP contribution in [-0.2, 0) is 9.59 Å². The normalized spacial score (nSPS) is 17.2. The fraction of sp³-hybridized carbons (Fsp3) is 0.976. The summed E-state index contributed by atoms with van der Waals surface area (Å²) in [6, 6.07) is 0. The van der Waals surface area contributed by atoms with Crippen LogP contribution in [0, 0.1) is 152 Å². The van der Waals surface area contributed by atoms with Gasteiger partial charge < -0.3 is 10.2 Å². The number of carboxylic acids is 2. The van der Waals surface area contributed by atoms with Crippen LogP contribution in [0.15, 0.2) is 0 Å². The summed E-state index contributed by atoms with van der Waals surface area (Å²) >= 11 is 0. The van der Waals surface area contributed by atoms with Gasteiger partial charge >= 0.3 is 11.9 Å². The van der Waals surface area contributed by atoms with E-state index in [1.54, 1.807) is 0 Å². The maximum atomic E-state index is 20.1. The Hall–Kier alpha value is -1.06. The van der Waals surface area contributed by atoms with Crippen LogP contribution < -0.4 is 0 Å². The maximum Gasteiger partial charge on any atom is 0.322 e. The number of carboxylic acid groups (broad SMARTS) is 2. The van der Waals surface area contributed by atoms with Gasteiger partial charge in [0, 0.05) is 10.8 Å². The zero-order valence-corrected chi connectivity index (χ0v) is 71.8. The molecule has 0 fully saturated rings. The van der Waals surface area contributed by atoms with Gasteiger partial charge in [0.2, 0.25) is 0 Å². The van der Waals surface area contributed by atoms with Gasteiger partial charge in [-0.15, -0.1) is 0 Å². The lowest BCUT2D eigenvalue weighted by molar-refractivity contribution is -0.514. The molecule has 0 bridgehead atoms. The van der Waals surface area contributed by atoms with Crippen molar-refractivity contribution in [2.75, 3.05) is 0 Å². The van der Waals surface area contributed by atoms with Crippen molar-refractivity contribution in [2.24, 2.45) is 152 Å². The Labute approximate surface area is 561 Å². The Morgan fingerprint density at radius 1 is 0.180 bits per heavy atom. The molecule has 0 atom stereocenters. The summed E-state index contributed by atoms with van der Waals surface area (Å²) in [7, 11) is 0. The molecule has 0 aliphatic rings. The molecule has 0 rings (SSSR count). The summed E-state index contributed by atoms with van der Waals surface area (Å²) < 4.78 is 0. The van der Waals surface area contributed by atoms with Gasteiger partial charge in [-0.3, -0.25) is 9.59 Å². The van der Waals surface area contributed by atoms with Crippen molar-refractivity contribution >= 4 is 11.9 Å². The summed E-state index contributed by atoms with van der Waals surface area (Å²) in [6.07, 6.45) is 0. The number of aliphatic carboxylic acids is 2. The van der Waals surface area contributed by atoms with Crippen molar-refractivity contribution in [3.05, 3.63) is 0 Å². The molecule has 0 spiro atoms. The van der Waals surface area contributed by atoms with E-state index in [0.29, 0.717) is 0 Å². The molecule has 2 N–H and O–H groups in total. The third-order valence-electron chi connectivity index (χ3n) is 26.7. The average Bonchev–Trinajstić information content (AvgIpc) is 3.04. The van der Waals surface area contributed by atoms with Crippen molar-refractivity contribution in [2.45, 2.75) is 381 Å². The zero-order valence-electron chi connectivity index (χ0n) is 71.8. The standard InChI is InChI=1S/C85H168O4/c1-56(2)76(54,55)83(74(48,49)50,75(51,52)53)85(81(68(30,31)32,69(33,34)35)70(36,37)38,82(71(39,40)41,72(42,43)44)73(45,46)47)77(57(86)87,58(88)89)84(78(59(3,4)5,60(6,7)8)61(9,10)11,79(62(12,13)14,63(15,16)17)64(18,19)20)80(65(21,22)23,66(24,25)26)67(27,28)29/h56H,1-55H3,(H,86,87)(H,88,89). The predicted molar refractivity (Wildman–Crippen MR) is 397 cm³/mol. The average molecular weight is 1250 g/mol. The van der Waals surface area contributed by atoms with Gasteiger partial charge in [0.1, 0.15) is 0 Å². The number of hydrogen-bond acceptors (Lipinski definition) is 2. The van der Waals surface area contributed by atoms with E-state index < -0.39 is 158 Å². The highest BCUT2D eigenvalue weighted by atomic mass is 16.4. The van der Waals surface area contributed by atoms with Crippen LogP contribution in [0.4, 0.5) is 0 Å². The molecule has 89 heavy (non-hydrogen) atoms. The van der Waals surface area contributed by atoms with Crippen LogP contribution in [0.1, 0.15) is 381 Å². The summed E-state index contributed by atoms with van der Waals surface area (Å²) in [5.74, 6) is -2.52. The van der Waals surface area contributed by atoms with E-state index in [9.17, 15) is 0 Å². The second kappa shape index (κ2) is 22.2. The van der Waals surface area contributed by atoms with Crippen LogP contribution in [0.3, 0.4) is 0 Å². The number of hydrogen-bond donors (Lipinski definition) is 2. The lowest BCUT2D eigenvalue weighted by atomic mass is 9.04. The highest BCUT2D eigenvalue weighted by Crippen LogP contribution is 3.03. The van der Waals surface area contributed by atoms with Crippen molar-refractivity contribution in [3.63, 3.8) is 0 Å². The molecule has 0 aromatic rings. The van der Waals surface area contributed by atoms with Gasteiger partial charge in [0.05, 0.1) is 0 Å². The fourth-order valence-corrected chi connectivity index (χ4v) is 34.8. The summed E-state index contributed by atoms with van der Waals surface area (Å²) in [6.45, 7) is 135. The molecule has 0 radical (unpaired) electrons. The minimum Gasteiger partial charge on any atom is -0.480 e. The van der Waals surface area contributed by atoms with Gasteiger partial charge in [-0.2, -0.15) is 0 Å². The van der Waals surface area contributed by atoms with E-state index >= 15 is 19.8 Å². The van der Waals surface area contributed by atoms with Crippen LogP contribution in [0.2, 0.25) is 0 Å². The minimum absolute atomic E-state index is 0.127. The SMILES string of the molecule is CC(C)C(C)(C)C(C(C)(C)C)(C(C)(C)C)C(C(C(=O)O)(C(=O)O)C(C(C(C)(C)C)(C(C)(C)C)C(C)(C)C)(C(C(C)(C)C)(C(C)(C)C)C(C)(C)C)C(C(C)(C)C)(C(C)(C)C)C(C)(C)C)(C(C(C)(C)C)(C(C)(C)C)C(C)(C)C)C(C(C)(C)C)(C(C)(C)C)C(C)(C)C. The largest absolute Gasteiger partial charge is 0.480 e. The summed E-state index contributed by atoms with van der Waals surface area (Å²) in [5.41, 5.74) is -31.5. The van der Waals surface area contributed by atoms with Crippen molar-refractivity contribution < 1.29 is 19.8 Å². The molecule has 4 heteroatoms. The quantitative estimate of drug-likeness (QED) is 0.191. The molecule has 0 unspecified atom stereocenters. The Morgan fingerprint density at radius 3 is 0.337 bits per heavy atom. The van der Waals surface area contributed by atoms with E-state index in [1.165, 1.54) is 0 Å². The van der Waals surface area contributed by atoms with Gasteiger partial charge in [0.25, 0.3) is 0 Å². The fourth-order valence-electron chi connectivity index (χ4n) is 34.8. The Bertz CT molecular complexity index is 2090. The van der Waals surface area contributed by atoms with Crippen LogP contribution in [0.25, 0.3) is 0 Å². The monoisotopic (exact) mass is 1250 g/mol. The minimum atomic E-state index is -2.93. The maximum absolute atomic E-state index is 20.1. The molecule has 0 aliphatic carbocycles. The molecule has 532 valence electrons. The van der Waals surface area contributed by atoms with Crippen molar-refractivity contribution in [1.82, 2.24) is 0 Å². The first-order valence-corrected chi connectivity index (χ1v) is 35.8. The Kier molecular flexibility index (Phi) is 22.0. The Balaban J connectivity index is 17.3. The van der Waals surface area contributed by atoms with E-state index in [0.717, 1.165) is 0 Å². The van der Waals surface area contributed by atoms with E-state index in [-0.39, 0.29) is 5.92 Å². The molecule has 4 nitrogen and oxygen atoms in total. The molecular formula is C85H168O4. The van der Waals surface area contributed by atoms with Gasteiger partial charge in [-0.1, -0.05) is 381 Å². The molecule has 0 saturated carbocycles. The molecule has 0 aromatic carbocycles. The highest BCUT2D eigenvalue weighted by molar-refractivity contribution is 6.02. The second-order valence-electron chi connectivity index (χ2n) is 48.5. The second-order valence-corrected chi connectivity index (χ2v) is 48.5. The molecule has 0 aromatic heterocycles. The first-order valence-electron chi connectivity index (χ1n) is 35.8. The zero-order chi connectivity index (χ0) is 74.2. The van der Waals surface area contributed by atoms with Gasteiger partial charge in [-0.05, 0) is 136 Å². The smallest absolute Gasteiger partial charge is 0.322 e. The van der Waals surface area contributed by atoms with Gasteiger partial charge in [-0.25, -0.2) is 0 Å². The topological polar surface area (TPSA) is 74.6 Å². The van der Waals surface area contributed by atoms with E-state index in [4.69, 9.17) is 0 Å². The van der Waals surface area contributed by atoms with Crippen molar-refractivity contribution in [3.8, 4) is 0 Å². The molecular weight excluding hydrogens is 1080 g/mol. The third-order valence-corrected chi connectivity index (χ3v) is 26.7. The lowest BCUT2D eigenvalue weighted by Crippen LogP contribution is -2.98. The van der Waals surface area contributed by atoms with Gasteiger partial charge in [0.15, 0.2) is 5.41 Å². The third kappa shape index (κ3) is 9.96. The molecule has 0 saturated heterocycles. The number of carbonyl (C=O) groups is 2. The summed E-state index contributed by atoms with van der Waals surface area (Å²) in [5, 5.41) is 32.8. The van der Waals surface area contributed by atoms with E-state index in [1.807, 2.05) is 0 Å². The lowest BCUT2D eigenvalue weighted by Gasteiger charge is -2.97. The molecule has 0 aliphatic heterocycles. The first kappa shape index (κ1) is 87.9. The van der Waals surface area contributed by atoms with Crippen LogP contribution >= 0.6 is 0 Å². The van der Waals surface area contributed by atoms with Crippen LogP contribution in [0.5, 0.6) is 0 Å². The first-order chi connectivity index (χ1) is 37.3. The summed E-state index contributed by atoms with van der Waals surface area (Å²) in [4.78, 5) is 40.2. The number of rotatable bonds is 12. The van der Waals surface area contributed by atoms with E-state index in [2.05, 4.69) is 381 Å². The Morgan fingerprint density at radius 2 is 0.270 bits per heavy atom. The predicted octanol–water partition coefficient (Wildman–Crippen LogP) is 27.5.